The molecule has 4 aromatic carbocycles. The topological polar surface area (TPSA) is 193 Å². The Morgan fingerprint density at radius 1 is 0.864 bits per heavy atom. The van der Waals surface area contributed by atoms with Crippen LogP contribution in [-0.2, 0) is 46.6 Å². The maximum atomic E-state index is 13.3. The predicted molar refractivity (Wildman–Crippen MR) is 242 cm³/mol. The molecule has 2 saturated heterocycles. The van der Waals surface area contributed by atoms with Gasteiger partial charge in [-0.3, -0.25) is 9.09 Å². The van der Waals surface area contributed by atoms with E-state index in [1.807, 2.05) is 99.0 Å². The molecule has 2 fully saturated rings. The molecule has 0 saturated carbocycles. The number of hydrogen-bond acceptors (Lipinski definition) is 15. The van der Waals surface area contributed by atoms with Gasteiger partial charge in [0.05, 0.1) is 33.8 Å². The van der Waals surface area contributed by atoms with Crippen molar-refractivity contribution in [3.05, 3.63) is 150 Å². The third-order valence-electron chi connectivity index (χ3n) is 11.7. The van der Waals surface area contributed by atoms with Gasteiger partial charge in [0.15, 0.2) is 11.9 Å². The lowest BCUT2D eigenvalue weighted by Gasteiger charge is -2.36. The van der Waals surface area contributed by atoms with E-state index in [0.29, 0.717) is 18.0 Å². The number of fused-ring (bicyclic) bond motifs is 2. The van der Waals surface area contributed by atoms with E-state index >= 15 is 0 Å². The zero-order valence-corrected chi connectivity index (χ0v) is 38.1. The van der Waals surface area contributed by atoms with E-state index in [2.05, 4.69) is 37.0 Å². The second-order valence-electron chi connectivity index (χ2n) is 16.4. The number of aromatic nitrogens is 6. The first-order chi connectivity index (χ1) is 31.9. The number of anilines is 1. The van der Waals surface area contributed by atoms with Crippen molar-refractivity contribution in [1.29, 1.82) is 0 Å². The summed E-state index contributed by atoms with van der Waals surface area (Å²) in [6, 6.07) is 31.9. The van der Waals surface area contributed by atoms with Crippen LogP contribution in [0.1, 0.15) is 34.0 Å². The summed E-state index contributed by atoms with van der Waals surface area (Å²) >= 11 is 0. The molecular weight excluding hydrogens is 866 g/mol. The number of imidazole rings is 2. The van der Waals surface area contributed by atoms with Crippen LogP contribution < -0.4 is 24.9 Å². The van der Waals surface area contributed by atoms with Gasteiger partial charge in [0.2, 0.25) is 5.95 Å². The van der Waals surface area contributed by atoms with Gasteiger partial charge < -0.3 is 48.1 Å². The third kappa shape index (κ3) is 8.67. The molecule has 2 aliphatic heterocycles. The molecule has 2 aliphatic rings. The Morgan fingerprint density at radius 2 is 1.53 bits per heavy atom. The van der Waals surface area contributed by atoms with Gasteiger partial charge in [0.1, 0.15) is 47.3 Å². The molecule has 0 spiro atoms. The van der Waals surface area contributed by atoms with Gasteiger partial charge in [-0.1, -0.05) is 72.8 Å². The van der Waals surface area contributed by atoms with E-state index in [9.17, 15) is 14.6 Å². The Bertz CT molecular complexity index is 2770. The lowest BCUT2D eigenvalue weighted by molar-refractivity contribution is -0.272. The number of hydrogen-bond donors (Lipinski definition) is 1. The molecule has 18 nitrogen and oxygen atoms in total. The summed E-state index contributed by atoms with van der Waals surface area (Å²) in [5, 5.41) is 13.1. The highest BCUT2D eigenvalue weighted by atomic mass is 31.2. The first kappa shape index (κ1) is 45.0. The molecule has 1 unspecified atom stereocenters. The van der Waals surface area contributed by atoms with Crippen LogP contribution >= 0.6 is 7.75 Å². The minimum absolute atomic E-state index is 0.0488. The summed E-state index contributed by atoms with van der Waals surface area (Å²) in [4.78, 5) is 31.5. The summed E-state index contributed by atoms with van der Waals surface area (Å²) in [6.45, 7) is 0.360. The normalized spacial score (nSPS) is 19.3. The number of nitrogens with zero attached hydrogens (tertiary/aromatic N) is 8. The van der Waals surface area contributed by atoms with Crippen LogP contribution in [0.3, 0.4) is 0 Å². The zero-order valence-electron chi connectivity index (χ0n) is 37.2. The molecular formula is C46H49BN8O10P-. The van der Waals surface area contributed by atoms with Gasteiger partial charge in [0, 0.05) is 38.9 Å². The molecule has 0 aliphatic carbocycles. The summed E-state index contributed by atoms with van der Waals surface area (Å²) in [7, 11) is 5.39. The van der Waals surface area contributed by atoms with Gasteiger partial charge in [-0.15, -0.1) is 0 Å². The van der Waals surface area contributed by atoms with Crippen molar-refractivity contribution in [1.82, 2.24) is 33.7 Å². The van der Waals surface area contributed by atoms with E-state index in [4.69, 9.17) is 32.8 Å². The van der Waals surface area contributed by atoms with Crippen LogP contribution in [0.15, 0.2) is 122 Å². The molecule has 342 valence electrons. The van der Waals surface area contributed by atoms with Crippen molar-refractivity contribution in [2.75, 3.05) is 53.9 Å². The SMILES string of the molecule is COc1ccc(C(OCc2ccc(CN(C)C)c(B3O[C@@H]4[C@H](O3)[C@@H](COP(=O)(O)n3ccnc3)O[C@H]4n3cnc4c([O-])nc(N(C)C)nc43)c2)(c2ccccc2)c2ccc(OC)cc2)cc1. The molecule has 66 heavy (non-hydrogen) atoms. The third-order valence-corrected chi connectivity index (χ3v) is 13.0. The molecule has 5 heterocycles. The van der Waals surface area contributed by atoms with Crippen molar-refractivity contribution in [3.8, 4) is 17.4 Å². The number of benzene rings is 4. The zero-order chi connectivity index (χ0) is 46.2. The first-order valence-electron chi connectivity index (χ1n) is 21.1. The van der Waals surface area contributed by atoms with Gasteiger partial charge in [-0.05, 0) is 71.6 Å². The number of rotatable bonds is 17. The fraction of sp³-hybridized carbons (Fsp3) is 0.304. The fourth-order valence-corrected chi connectivity index (χ4v) is 9.34. The molecule has 1 N–H and O–H groups in total. The van der Waals surface area contributed by atoms with Crippen LogP contribution in [0.2, 0.25) is 0 Å². The van der Waals surface area contributed by atoms with Crippen LogP contribution in [0, 0.1) is 0 Å². The largest absolute Gasteiger partial charge is 0.857 e. The standard InChI is InChI=1S/C46H50BN8O10P/c1-52(2)25-31-13-12-30(26-61-46(32-10-8-7-9-11-32,33-14-18-35(59-5)19-15-33)34-16-20-36(60-6)21-17-34)24-37(31)47-64-40-38(27-62-66(57,58)54-23-22-48-28-54)63-44(41(40)65-47)55-29-49-39-42(55)50-45(53(3)4)51-43(39)56/h7-24,28-29,38,40-41,44H,25-27H2,1-6H3,(H,57,58)(H,50,51,56)/p-1/t38-,40-,41-,44-/m1/s1. The Kier molecular flexibility index (Phi) is 12.7. The van der Waals surface area contributed by atoms with E-state index < -0.39 is 50.9 Å². The Morgan fingerprint density at radius 3 is 2.15 bits per heavy atom. The molecule has 3 aromatic heterocycles. The Labute approximate surface area is 382 Å². The van der Waals surface area contributed by atoms with E-state index in [0.717, 1.165) is 37.6 Å². The maximum absolute atomic E-state index is 13.3. The Hall–Kier alpha value is -6.15. The van der Waals surface area contributed by atoms with Crippen molar-refractivity contribution < 1.29 is 47.3 Å². The molecule has 0 radical (unpaired) electrons. The minimum Gasteiger partial charge on any atom is -0.857 e. The average molecular weight is 916 g/mol. The molecule has 7 aromatic rings. The molecule has 9 rings (SSSR count). The van der Waals surface area contributed by atoms with Crippen molar-refractivity contribution in [2.24, 2.45) is 0 Å². The minimum atomic E-state index is -4.37. The molecule has 5 atom stereocenters. The highest BCUT2D eigenvalue weighted by Crippen LogP contribution is 2.47. The summed E-state index contributed by atoms with van der Waals surface area (Å²) in [6.07, 6.45) is 1.88. The van der Waals surface area contributed by atoms with Crippen LogP contribution in [-0.4, -0.2) is 113 Å². The average Bonchev–Trinajstić information content (AvgIpc) is 4.16. The molecule has 20 heteroatoms. The van der Waals surface area contributed by atoms with Crippen LogP contribution in [0.5, 0.6) is 17.4 Å². The van der Waals surface area contributed by atoms with Crippen LogP contribution in [0.4, 0.5) is 5.95 Å². The fourth-order valence-electron chi connectivity index (χ4n) is 8.45. The molecule has 0 bridgehead atoms. The van der Waals surface area contributed by atoms with Gasteiger partial charge in [-0.25, -0.2) is 23.9 Å². The highest BCUT2D eigenvalue weighted by Gasteiger charge is 2.56. The van der Waals surface area contributed by atoms with Gasteiger partial charge >= 0.3 is 14.9 Å². The van der Waals surface area contributed by atoms with Crippen molar-refractivity contribution >= 4 is 37.4 Å². The monoisotopic (exact) mass is 915 g/mol. The van der Waals surface area contributed by atoms with Crippen molar-refractivity contribution in [3.63, 3.8) is 0 Å². The quantitative estimate of drug-likeness (QED) is 0.0763. The summed E-state index contributed by atoms with van der Waals surface area (Å²) < 4.78 is 60.1. The second-order valence-corrected chi connectivity index (χ2v) is 18.1. The highest BCUT2D eigenvalue weighted by molar-refractivity contribution is 7.51. The predicted octanol–water partition coefficient (Wildman–Crippen LogP) is 4.49. The van der Waals surface area contributed by atoms with Gasteiger partial charge in [-0.2, -0.15) is 4.98 Å². The lowest BCUT2D eigenvalue weighted by Crippen LogP contribution is -2.40. The molecule has 0 amide bonds. The van der Waals surface area contributed by atoms with Crippen LogP contribution in [0.25, 0.3) is 11.2 Å². The summed E-state index contributed by atoms with van der Waals surface area (Å²) in [5.74, 6) is 1.06. The van der Waals surface area contributed by atoms with E-state index in [1.54, 1.807) is 37.8 Å². The van der Waals surface area contributed by atoms with E-state index in [1.165, 1.54) is 25.0 Å². The lowest BCUT2D eigenvalue weighted by atomic mass is 9.75. The second kappa shape index (κ2) is 18.6. The van der Waals surface area contributed by atoms with Gasteiger partial charge in [0.25, 0.3) is 0 Å². The maximum Gasteiger partial charge on any atom is 0.495 e. The smallest absolute Gasteiger partial charge is 0.495 e. The summed E-state index contributed by atoms with van der Waals surface area (Å²) in [5.41, 5.74) is 4.41. The van der Waals surface area contributed by atoms with Crippen molar-refractivity contribution in [2.45, 2.75) is 43.3 Å². The number of ether oxygens (including phenoxy) is 4. The number of methoxy groups -OCH3 is 2. The Balaban J connectivity index is 1.09. The first-order valence-corrected chi connectivity index (χ1v) is 22.7. The van der Waals surface area contributed by atoms with E-state index in [-0.39, 0.29) is 30.3 Å².